The quantitative estimate of drug-likeness (QED) is 0.553. The van der Waals surface area contributed by atoms with Crippen molar-refractivity contribution in [1.29, 1.82) is 0 Å². The van der Waals surface area contributed by atoms with E-state index in [1.165, 1.54) is 25.1 Å². The van der Waals surface area contributed by atoms with E-state index in [9.17, 15) is 0 Å². The molecule has 0 saturated heterocycles. The first-order valence-electron chi connectivity index (χ1n) is 4.89. The second-order valence-corrected chi connectivity index (χ2v) is 5.69. The molecule has 2 aromatic carbocycles. The van der Waals surface area contributed by atoms with Crippen LogP contribution in [0.5, 0.6) is 0 Å². The lowest BCUT2D eigenvalue weighted by molar-refractivity contribution is 1.12. The molecule has 74 valence electrons. The molecule has 0 amide bonds. The first-order chi connectivity index (χ1) is 7.34. The van der Waals surface area contributed by atoms with Gasteiger partial charge in [0.25, 0.3) is 0 Å². The molecule has 1 aliphatic rings. The van der Waals surface area contributed by atoms with Crippen molar-refractivity contribution in [3.05, 3.63) is 48.0 Å². The van der Waals surface area contributed by atoms with E-state index in [0.717, 1.165) is 0 Å². The molecule has 0 bridgehead atoms. The largest absolute Gasteiger partial charge is 0.0877 e. The van der Waals surface area contributed by atoms with Crippen LogP contribution in [0.15, 0.2) is 62.0 Å². The molecule has 0 radical (unpaired) electrons. The second-order valence-electron chi connectivity index (χ2n) is 3.55. The smallest absolute Gasteiger partial charge is 0.0291 e. The van der Waals surface area contributed by atoms with Crippen LogP contribution in [0.4, 0.5) is 0 Å². The van der Waals surface area contributed by atoms with Gasteiger partial charge in [0.15, 0.2) is 0 Å². The highest BCUT2D eigenvalue weighted by Crippen LogP contribution is 2.49. The first kappa shape index (κ1) is 9.37. The van der Waals surface area contributed by atoms with Crippen molar-refractivity contribution in [3.8, 4) is 0 Å². The molecule has 3 rings (SSSR count). The number of aryl methyl sites for hydroxylation is 1. The highest BCUT2D eigenvalue weighted by atomic mass is 32.2. The van der Waals surface area contributed by atoms with Gasteiger partial charge in [0.05, 0.1) is 0 Å². The molecule has 2 aromatic rings. The zero-order valence-electron chi connectivity index (χ0n) is 8.36. The fourth-order valence-corrected chi connectivity index (χ4v) is 4.07. The van der Waals surface area contributed by atoms with E-state index < -0.39 is 0 Å². The Kier molecular flexibility index (Phi) is 2.26. The molecule has 0 atom stereocenters. The second kappa shape index (κ2) is 3.62. The van der Waals surface area contributed by atoms with Gasteiger partial charge in [-0.1, -0.05) is 47.8 Å². The lowest BCUT2D eigenvalue weighted by Crippen LogP contribution is -1.90. The molecule has 0 unspecified atom stereocenters. The average Bonchev–Trinajstić information content (AvgIpc) is 2.27. The standard InChI is InChI=1S/C13H10S2/c1-9-5-4-8-12-13(9)15-11-7-3-2-6-10(11)14-12/h2-8H,1H3. The molecule has 0 aliphatic carbocycles. The summed E-state index contributed by atoms with van der Waals surface area (Å²) in [5, 5.41) is 0. The molecular formula is C13H10S2. The fraction of sp³-hybridized carbons (Fsp3) is 0.0769. The van der Waals surface area contributed by atoms with E-state index in [1.807, 2.05) is 23.5 Å². The van der Waals surface area contributed by atoms with Crippen molar-refractivity contribution in [2.75, 3.05) is 0 Å². The lowest BCUT2D eigenvalue weighted by atomic mass is 10.2. The Hall–Kier alpha value is -0.860. The first-order valence-corrected chi connectivity index (χ1v) is 6.52. The molecular weight excluding hydrogens is 220 g/mol. The Balaban J connectivity index is 2.15. The zero-order valence-corrected chi connectivity index (χ0v) is 9.99. The van der Waals surface area contributed by atoms with Gasteiger partial charge in [-0.3, -0.25) is 0 Å². The Morgan fingerprint density at radius 3 is 2.20 bits per heavy atom. The Bertz CT molecular complexity index is 518. The third-order valence-electron chi connectivity index (χ3n) is 2.46. The van der Waals surface area contributed by atoms with Crippen molar-refractivity contribution in [3.63, 3.8) is 0 Å². The van der Waals surface area contributed by atoms with Crippen molar-refractivity contribution < 1.29 is 0 Å². The van der Waals surface area contributed by atoms with Crippen molar-refractivity contribution in [2.45, 2.75) is 26.5 Å². The summed E-state index contributed by atoms with van der Waals surface area (Å²) in [5.41, 5.74) is 1.37. The molecule has 0 nitrogen and oxygen atoms in total. The van der Waals surface area contributed by atoms with Crippen LogP contribution in [0.25, 0.3) is 0 Å². The van der Waals surface area contributed by atoms with E-state index in [1.54, 1.807) is 0 Å². The van der Waals surface area contributed by atoms with Gasteiger partial charge >= 0.3 is 0 Å². The maximum absolute atomic E-state index is 2.20. The molecule has 0 spiro atoms. The fourth-order valence-electron chi connectivity index (χ4n) is 1.68. The highest BCUT2D eigenvalue weighted by Gasteiger charge is 2.17. The Labute approximate surface area is 98.1 Å². The van der Waals surface area contributed by atoms with Crippen LogP contribution in [-0.4, -0.2) is 0 Å². The highest BCUT2D eigenvalue weighted by molar-refractivity contribution is 8.05. The summed E-state index contributed by atoms with van der Waals surface area (Å²) in [5.74, 6) is 0. The summed E-state index contributed by atoms with van der Waals surface area (Å²) in [4.78, 5) is 5.56. The molecule has 0 aromatic heterocycles. The number of fused-ring (bicyclic) bond motifs is 2. The van der Waals surface area contributed by atoms with Gasteiger partial charge in [0.1, 0.15) is 0 Å². The maximum atomic E-state index is 2.20. The van der Waals surface area contributed by atoms with E-state index in [0.29, 0.717) is 0 Å². The van der Waals surface area contributed by atoms with Gasteiger partial charge in [0, 0.05) is 19.6 Å². The third kappa shape index (κ3) is 1.58. The van der Waals surface area contributed by atoms with Crippen LogP contribution in [0.3, 0.4) is 0 Å². The minimum absolute atomic E-state index is 1.37. The lowest BCUT2D eigenvalue weighted by Gasteiger charge is -2.19. The van der Waals surface area contributed by atoms with Gasteiger partial charge in [-0.2, -0.15) is 0 Å². The molecule has 2 heteroatoms. The summed E-state index contributed by atoms with van der Waals surface area (Å²) < 4.78 is 0. The maximum Gasteiger partial charge on any atom is 0.0291 e. The monoisotopic (exact) mass is 230 g/mol. The molecule has 1 aliphatic heterocycles. The van der Waals surface area contributed by atoms with Crippen LogP contribution in [0, 0.1) is 6.92 Å². The Morgan fingerprint density at radius 1 is 0.733 bits per heavy atom. The van der Waals surface area contributed by atoms with Crippen LogP contribution in [0.1, 0.15) is 5.56 Å². The topological polar surface area (TPSA) is 0 Å². The minimum Gasteiger partial charge on any atom is -0.0877 e. The number of hydrogen-bond acceptors (Lipinski definition) is 2. The minimum atomic E-state index is 1.37. The predicted octanol–water partition coefficient (Wildman–Crippen LogP) is 4.61. The van der Waals surface area contributed by atoms with E-state index in [4.69, 9.17) is 0 Å². The van der Waals surface area contributed by atoms with Crippen LogP contribution >= 0.6 is 23.5 Å². The van der Waals surface area contributed by atoms with Crippen molar-refractivity contribution >= 4 is 23.5 Å². The third-order valence-corrected chi connectivity index (χ3v) is 5.17. The summed E-state index contributed by atoms with van der Waals surface area (Å²) >= 11 is 3.76. The molecule has 15 heavy (non-hydrogen) atoms. The Morgan fingerprint density at radius 2 is 1.40 bits per heavy atom. The summed E-state index contributed by atoms with van der Waals surface area (Å²) in [6, 6.07) is 15.1. The predicted molar refractivity (Wildman–Crippen MR) is 65.9 cm³/mol. The van der Waals surface area contributed by atoms with Gasteiger partial charge in [-0.25, -0.2) is 0 Å². The SMILES string of the molecule is Cc1cccc2c1Sc1ccccc1S2. The molecule has 0 N–H and O–H groups in total. The van der Waals surface area contributed by atoms with Gasteiger partial charge in [0.2, 0.25) is 0 Å². The van der Waals surface area contributed by atoms with Crippen LogP contribution in [0.2, 0.25) is 0 Å². The van der Waals surface area contributed by atoms with Crippen molar-refractivity contribution in [2.24, 2.45) is 0 Å². The zero-order chi connectivity index (χ0) is 10.3. The summed E-state index contributed by atoms with van der Waals surface area (Å²) in [6.45, 7) is 2.18. The normalized spacial score (nSPS) is 13.1. The van der Waals surface area contributed by atoms with Gasteiger partial charge in [-0.05, 0) is 30.7 Å². The summed E-state index contributed by atoms with van der Waals surface area (Å²) in [6.07, 6.45) is 0. The average molecular weight is 230 g/mol. The van der Waals surface area contributed by atoms with E-state index in [2.05, 4.69) is 49.4 Å². The molecule has 1 heterocycles. The van der Waals surface area contributed by atoms with Crippen LogP contribution < -0.4 is 0 Å². The molecule has 0 saturated carbocycles. The van der Waals surface area contributed by atoms with E-state index >= 15 is 0 Å². The van der Waals surface area contributed by atoms with E-state index in [-0.39, 0.29) is 0 Å². The number of benzene rings is 2. The number of rotatable bonds is 0. The number of hydrogen-bond donors (Lipinski definition) is 0. The molecule has 0 fully saturated rings. The van der Waals surface area contributed by atoms with Crippen LogP contribution in [-0.2, 0) is 0 Å². The summed E-state index contributed by atoms with van der Waals surface area (Å²) in [7, 11) is 0. The van der Waals surface area contributed by atoms with Gasteiger partial charge in [-0.15, -0.1) is 0 Å². The van der Waals surface area contributed by atoms with Crippen molar-refractivity contribution in [1.82, 2.24) is 0 Å². The van der Waals surface area contributed by atoms with Gasteiger partial charge < -0.3 is 0 Å².